The molecule has 0 bridgehead atoms. The van der Waals surface area contributed by atoms with Crippen molar-refractivity contribution in [3.63, 3.8) is 0 Å². The number of carbonyl (C=O) groups excluding carboxylic acids is 2. The molecule has 0 spiro atoms. The van der Waals surface area contributed by atoms with Crippen molar-refractivity contribution in [1.29, 1.82) is 0 Å². The first kappa shape index (κ1) is 23.9. The second-order valence-electron chi connectivity index (χ2n) is 7.18. The largest absolute Gasteiger partial charge is 0.462 e. The van der Waals surface area contributed by atoms with Gasteiger partial charge in [0.05, 0.1) is 29.5 Å². The summed E-state index contributed by atoms with van der Waals surface area (Å²) in [6.07, 6.45) is 1.98. The van der Waals surface area contributed by atoms with Crippen molar-refractivity contribution in [3.8, 4) is 11.3 Å². The van der Waals surface area contributed by atoms with Crippen LogP contribution in [0.25, 0.3) is 11.3 Å². The van der Waals surface area contributed by atoms with Gasteiger partial charge in [0.15, 0.2) is 0 Å². The fraction of sp³-hybridized carbons (Fsp3) is 0.400. The number of hydrogen-bond acceptors (Lipinski definition) is 7. The topological polar surface area (TPSA) is 93.7 Å². The van der Waals surface area contributed by atoms with Crippen molar-refractivity contribution in [2.24, 2.45) is 0 Å². The van der Waals surface area contributed by atoms with E-state index in [1.165, 1.54) is 11.3 Å². The molecule has 0 aliphatic carbocycles. The van der Waals surface area contributed by atoms with Crippen LogP contribution >= 0.6 is 23.2 Å². The molecule has 1 N–H and O–H groups in total. The summed E-state index contributed by atoms with van der Waals surface area (Å²) < 4.78 is 5.10. The van der Waals surface area contributed by atoms with E-state index in [9.17, 15) is 9.59 Å². The van der Waals surface area contributed by atoms with E-state index in [2.05, 4.69) is 15.3 Å². The molecule has 1 amide bonds. The Morgan fingerprint density at radius 3 is 2.63 bits per heavy atom. The second kappa shape index (κ2) is 10.6. The summed E-state index contributed by atoms with van der Waals surface area (Å²) in [6, 6.07) is 4.89. The zero-order valence-electron chi connectivity index (χ0n) is 17.2. The Labute approximate surface area is 185 Å². The lowest BCUT2D eigenvalue weighted by atomic mass is 10.1. The van der Waals surface area contributed by atoms with E-state index in [1.54, 1.807) is 25.1 Å². The van der Waals surface area contributed by atoms with Crippen LogP contribution in [0.5, 0.6) is 0 Å². The standard InChI is InChI=1S/C20H24Cl2N4O4/c1-5-29-18(28)15-11-24-19(23-8-9-26(12-27)30-20(2,3)4)25-17(15)14-7-6-13(21)10-16(14)22/h6-7,10-12H,5,8-9H2,1-4H3,(H,23,24,25). The summed E-state index contributed by atoms with van der Waals surface area (Å²) in [5, 5.41) is 5.00. The van der Waals surface area contributed by atoms with Crippen LogP contribution in [0.15, 0.2) is 24.4 Å². The number of aromatic nitrogens is 2. The molecule has 0 aliphatic heterocycles. The quantitative estimate of drug-likeness (QED) is 0.344. The monoisotopic (exact) mass is 454 g/mol. The third kappa shape index (κ3) is 6.83. The minimum absolute atomic E-state index is 0.178. The third-order valence-corrected chi connectivity index (χ3v) is 4.14. The lowest BCUT2D eigenvalue weighted by Crippen LogP contribution is -2.36. The maximum atomic E-state index is 12.3. The van der Waals surface area contributed by atoms with E-state index < -0.39 is 11.6 Å². The minimum Gasteiger partial charge on any atom is -0.462 e. The molecular weight excluding hydrogens is 431 g/mol. The Bertz CT molecular complexity index is 903. The number of hydroxylamine groups is 2. The molecule has 1 heterocycles. The SMILES string of the molecule is CCOC(=O)c1cnc(NCCN(C=O)OC(C)(C)C)nc1-c1ccc(Cl)cc1Cl. The first-order valence-corrected chi connectivity index (χ1v) is 10.0. The van der Waals surface area contributed by atoms with Gasteiger partial charge in [0.1, 0.15) is 5.56 Å². The lowest BCUT2D eigenvalue weighted by molar-refractivity contribution is -0.214. The minimum atomic E-state index is -0.559. The number of amides is 1. The van der Waals surface area contributed by atoms with Gasteiger partial charge in [0.25, 0.3) is 0 Å². The van der Waals surface area contributed by atoms with Crippen LogP contribution in [0.3, 0.4) is 0 Å². The van der Waals surface area contributed by atoms with Crippen molar-refractivity contribution < 1.29 is 19.2 Å². The number of benzene rings is 1. The van der Waals surface area contributed by atoms with Gasteiger partial charge in [-0.2, -0.15) is 0 Å². The number of anilines is 1. The number of carbonyl (C=O) groups is 2. The molecule has 0 saturated carbocycles. The molecular formula is C20H24Cl2N4O4. The van der Waals surface area contributed by atoms with Gasteiger partial charge in [-0.05, 0) is 45.9 Å². The smallest absolute Gasteiger partial charge is 0.341 e. The van der Waals surface area contributed by atoms with Gasteiger partial charge in [-0.3, -0.25) is 9.63 Å². The van der Waals surface area contributed by atoms with E-state index >= 15 is 0 Å². The summed E-state index contributed by atoms with van der Waals surface area (Å²) in [4.78, 5) is 37.6. The molecule has 1 aromatic heterocycles. The highest BCUT2D eigenvalue weighted by atomic mass is 35.5. The number of hydrogen-bond donors (Lipinski definition) is 1. The van der Waals surface area contributed by atoms with Crippen LogP contribution in [0, 0.1) is 0 Å². The number of esters is 1. The van der Waals surface area contributed by atoms with Crippen LogP contribution in [0.1, 0.15) is 38.1 Å². The van der Waals surface area contributed by atoms with Gasteiger partial charge in [0.2, 0.25) is 12.4 Å². The van der Waals surface area contributed by atoms with Gasteiger partial charge < -0.3 is 10.1 Å². The van der Waals surface area contributed by atoms with Crippen LogP contribution < -0.4 is 5.32 Å². The lowest BCUT2D eigenvalue weighted by Gasteiger charge is -2.26. The molecule has 0 fully saturated rings. The van der Waals surface area contributed by atoms with E-state index in [0.717, 1.165) is 0 Å². The maximum absolute atomic E-state index is 12.3. The number of halogens is 2. The van der Waals surface area contributed by atoms with E-state index in [0.29, 0.717) is 34.3 Å². The van der Waals surface area contributed by atoms with Gasteiger partial charge in [0, 0.05) is 23.3 Å². The normalized spacial score (nSPS) is 11.1. The van der Waals surface area contributed by atoms with Crippen LogP contribution in [-0.2, 0) is 14.4 Å². The van der Waals surface area contributed by atoms with Gasteiger partial charge >= 0.3 is 5.97 Å². The van der Waals surface area contributed by atoms with Crippen molar-refractivity contribution >= 4 is 41.5 Å². The Hall–Kier alpha value is -2.42. The van der Waals surface area contributed by atoms with Gasteiger partial charge in [-0.15, -0.1) is 0 Å². The molecule has 2 aromatic rings. The Balaban J connectivity index is 2.26. The molecule has 162 valence electrons. The summed E-state index contributed by atoms with van der Waals surface area (Å²) in [6.45, 7) is 8.04. The van der Waals surface area contributed by atoms with Crippen molar-refractivity contribution in [2.75, 3.05) is 25.0 Å². The summed E-state index contributed by atoms with van der Waals surface area (Å²) in [5.41, 5.74) is 0.500. The highest BCUT2D eigenvalue weighted by Crippen LogP contribution is 2.32. The third-order valence-electron chi connectivity index (χ3n) is 3.59. The zero-order valence-corrected chi connectivity index (χ0v) is 18.8. The van der Waals surface area contributed by atoms with Crippen LogP contribution in [0.2, 0.25) is 10.0 Å². The molecule has 0 unspecified atom stereocenters. The fourth-order valence-corrected chi connectivity index (χ4v) is 2.96. The molecule has 2 rings (SSSR count). The molecule has 8 nitrogen and oxygen atoms in total. The maximum Gasteiger partial charge on any atom is 0.341 e. The predicted octanol–water partition coefficient (Wildman–Crippen LogP) is 4.23. The first-order valence-electron chi connectivity index (χ1n) is 9.29. The Kier molecular flexibility index (Phi) is 8.40. The number of nitrogens with one attached hydrogen (secondary N) is 1. The van der Waals surface area contributed by atoms with Gasteiger partial charge in [-0.25, -0.2) is 19.8 Å². The second-order valence-corrected chi connectivity index (χ2v) is 8.02. The van der Waals surface area contributed by atoms with Crippen LogP contribution in [-0.4, -0.2) is 52.7 Å². The number of rotatable bonds is 9. The fourth-order valence-electron chi connectivity index (χ4n) is 2.46. The average Bonchev–Trinajstić information content (AvgIpc) is 2.66. The van der Waals surface area contributed by atoms with E-state index in [1.807, 2.05) is 20.8 Å². The molecule has 0 aliphatic rings. The molecule has 0 radical (unpaired) electrons. The highest BCUT2D eigenvalue weighted by Gasteiger charge is 2.20. The zero-order chi connectivity index (χ0) is 22.3. The summed E-state index contributed by atoms with van der Waals surface area (Å²) >= 11 is 12.3. The molecule has 10 heteroatoms. The van der Waals surface area contributed by atoms with E-state index in [4.69, 9.17) is 32.8 Å². The molecule has 1 aromatic carbocycles. The number of nitrogens with zero attached hydrogens (tertiary/aromatic N) is 3. The first-order chi connectivity index (χ1) is 14.1. The van der Waals surface area contributed by atoms with Crippen molar-refractivity contribution in [1.82, 2.24) is 15.0 Å². The molecule has 30 heavy (non-hydrogen) atoms. The molecule has 0 saturated heterocycles. The number of ether oxygens (including phenoxy) is 1. The predicted molar refractivity (Wildman–Crippen MR) is 116 cm³/mol. The van der Waals surface area contributed by atoms with Gasteiger partial charge in [-0.1, -0.05) is 23.2 Å². The molecule has 0 atom stereocenters. The van der Waals surface area contributed by atoms with E-state index in [-0.39, 0.29) is 24.7 Å². The average molecular weight is 455 g/mol. The van der Waals surface area contributed by atoms with Crippen molar-refractivity contribution in [2.45, 2.75) is 33.3 Å². The Morgan fingerprint density at radius 2 is 2.03 bits per heavy atom. The Morgan fingerprint density at radius 1 is 1.30 bits per heavy atom. The summed E-state index contributed by atoms with van der Waals surface area (Å²) in [5.74, 6) is -0.304. The summed E-state index contributed by atoms with van der Waals surface area (Å²) in [7, 11) is 0. The van der Waals surface area contributed by atoms with Crippen LogP contribution in [0.4, 0.5) is 5.95 Å². The van der Waals surface area contributed by atoms with Crippen molar-refractivity contribution in [3.05, 3.63) is 40.0 Å². The highest BCUT2D eigenvalue weighted by molar-refractivity contribution is 6.36.